The van der Waals surface area contributed by atoms with E-state index >= 15 is 0 Å². The van der Waals surface area contributed by atoms with Gasteiger partial charge in [-0.2, -0.15) is 0 Å². The Hall–Kier alpha value is -0.563. The van der Waals surface area contributed by atoms with Crippen LogP contribution in [0.5, 0.6) is 0 Å². The molecule has 71 valence electrons. The first-order valence-corrected chi connectivity index (χ1v) is 8.33. The Morgan fingerprint density at radius 1 is 1.00 bits per heavy atom. The van der Waals surface area contributed by atoms with Crippen LogP contribution in [0.15, 0.2) is 6.07 Å². The predicted molar refractivity (Wildman–Crippen MR) is 62.5 cm³/mol. The molecule has 1 aromatic rings. The first-order chi connectivity index (χ1) is 5.84. The first kappa shape index (κ1) is 10.5. The lowest BCUT2D eigenvalue weighted by molar-refractivity contribution is 1.27. The van der Waals surface area contributed by atoms with Crippen molar-refractivity contribution in [2.24, 2.45) is 0 Å². The van der Waals surface area contributed by atoms with Crippen molar-refractivity contribution in [1.29, 1.82) is 0 Å². The molecule has 0 aliphatic rings. The summed E-state index contributed by atoms with van der Waals surface area (Å²) in [6, 6.07) is 5.55. The molecule has 0 aromatic heterocycles. The molecule has 0 atom stereocenters. The fraction of sp³-hybridized carbons (Fsp3) is 0.500. The second-order valence-electron chi connectivity index (χ2n) is 4.83. The Morgan fingerprint density at radius 2 is 1.54 bits per heavy atom. The van der Waals surface area contributed by atoms with Gasteiger partial charge in [0.2, 0.25) is 0 Å². The van der Waals surface area contributed by atoms with Gasteiger partial charge in [-0.05, 0) is 43.5 Å². The molecule has 0 nitrogen and oxygen atoms in total. The molecule has 0 aliphatic heterocycles. The molecule has 0 bridgehead atoms. The highest BCUT2D eigenvalue weighted by molar-refractivity contribution is 6.89. The van der Waals surface area contributed by atoms with Crippen molar-refractivity contribution in [3.05, 3.63) is 28.8 Å². The summed E-state index contributed by atoms with van der Waals surface area (Å²) in [4.78, 5) is 0. The normalized spacial score (nSPS) is 11.8. The number of benzene rings is 1. The van der Waals surface area contributed by atoms with E-state index in [1.54, 1.807) is 5.19 Å². The van der Waals surface area contributed by atoms with E-state index in [9.17, 15) is 0 Å². The highest BCUT2D eigenvalue weighted by Crippen LogP contribution is 2.13. The Morgan fingerprint density at radius 3 is 2.00 bits per heavy atom. The van der Waals surface area contributed by atoms with E-state index in [0.717, 1.165) is 0 Å². The summed E-state index contributed by atoms with van der Waals surface area (Å²) >= 11 is 0. The fourth-order valence-corrected chi connectivity index (χ4v) is 3.48. The molecule has 0 heterocycles. The average Bonchev–Trinajstić information content (AvgIpc) is 1.98. The van der Waals surface area contributed by atoms with E-state index in [1.165, 1.54) is 16.7 Å². The topological polar surface area (TPSA) is 0 Å². The highest BCUT2D eigenvalue weighted by Gasteiger charge is 2.19. The monoisotopic (exact) mass is 191 g/mol. The Labute approximate surface area is 83.0 Å². The van der Waals surface area contributed by atoms with Crippen LogP contribution in [0.2, 0.25) is 19.6 Å². The lowest BCUT2D eigenvalue weighted by atomic mass is 10.1. The zero-order valence-electron chi connectivity index (χ0n) is 9.58. The fourth-order valence-electron chi connectivity index (χ4n) is 1.66. The number of aryl methyl sites for hydroxylation is 1. The summed E-state index contributed by atoms with van der Waals surface area (Å²) in [6.45, 7) is 13.7. The second kappa shape index (κ2) is 3.30. The van der Waals surface area contributed by atoms with Crippen molar-refractivity contribution in [1.82, 2.24) is 0 Å². The largest absolute Gasteiger partial charge is 0.0779 e. The van der Waals surface area contributed by atoms with Gasteiger partial charge in [0.1, 0.15) is 0 Å². The minimum atomic E-state index is -1.16. The van der Waals surface area contributed by atoms with Gasteiger partial charge in [0, 0.05) is 0 Å². The molecule has 0 saturated carbocycles. The third kappa shape index (κ3) is 2.02. The highest BCUT2D eigenvalue weighted by atomic mass is 28.3. The van der Waals surface area contributed by atoms with Gasteiger partial charge < -0.3 is 0 Å². The van der Waals surface area contributed by atoms with Crippen molar-refractivity contribution in [2.45, 2.75) is 40.4 Å². The van der Waals surface area contributed by atoms with Crippen LogP contribution in [0.1, 0.15) is 16.7 Å². The van der Waals surface area contributed by atoms with Crippen LogP contribution in [0, 0.1) is 26.8 Å². The molecule has 0 saturated heterocycles. The molecule has 0 fully saturated rings. The summed E-state index contributed by atoms with van der Waals surface area (Å²) < 4.78 is 0. The zero-order chi connectivity index (χ0) is 10.2. The third-order valence-electron chi connectivity index (χ3n) is 2.77. The van der Waals surface area contributed by atoms with Crippen LogP contribution < -0.4 is 5.19 Å². The van der Waals surface area contributed by atoms with Crippen molar-refractivity contribution in [3.63, 3.8) is 0 Å². The quantitative estimate of drug-likeness (QED) is 0.599. The van der Waals surface area contributed by atoms with Crippen LogP contribution >= 0.6 is 0 Å². The Bertz CT molecular complexity index is 319. The Kier molecular flexibility index (Phi) is 2.67. The van der Waals surface area contributed by atoms with E-state index in [4.69, 9.17) is 0 Å². The predicted octanol–water partition coefficient (Wildman–Crippen LogP) is 2.96. The molecule has 0 unspecified atom stereocenters. The molecule has 1 radical (unpaired) electrons. The summed E-state index contributed by atoms with van der Waals surface area (Å²) in [5, 5.41) is 1.55. The molecular formula is C12H19Si. The van der Waals surface area contributed by atoms with Crippen LogP contribution in [-0.4, -0.2) is 8.07 Å². The maximum absolute atomic E-state index is 3.35. The summed E-state index contributed by atoms with van der Waals surface area (Å²) in [5.74, 6) is 0. The van der Waals surface area contributed by atoms with Gasteiger partial charge in [-0.1, -0.05) is 30.9 Å². The van der Waals surface area contributed by atoms with Crippen molar-refractivity contribution in [3.8, 4) is 0 Å². The van der Waals surface area contributed by atoms with E-state index in [-0.39, 0.29) is 0 Å². The summed E-state index contributed by atoms with van der Waals surface area (Å²) in [5.41, 5.74) is 4.19. The van der Waals surface area contributed by atoms with Gasteiger partial charge in [0.05, 0.1) is 8.07 Å². The Balaban J connectivity index is 3.35. The SMILES string of the molecule is Cc1[c]cc([Si](C)(C)C)c(C)c1C. The first-order valence-electron chi connectivity index (χ1n) is 4.83. The van der Waals surface area contributed by atoms with Crippen molar-refractivity contribution in [2.75, 3.05) is 0 Å². The number of hydrogen-bond donors (Lipinski definition) is 0. The minimum Gasteiger partial charge on any atom is -0.0656 e. The number of hydrogen-bond acceptors (Lipinski definition) is 0. The molecular weight excluding hydrogens is 172 g/mol. The maximum atomic E-state index is 3.35. The molecule has 13 heavy (non-hydrogen) atoms. The second-order valence-corrected chi connectivity index (χ2v) is 9.87. The van der Waals surface area contributed by atoms with E-state index in [1.807, 2.05) is 0 Å². The molecule has 1 aromatic carbocycles. The van der Waals surface area contributed by atoms with Crippen molar-refractivity contribution < 1.29 is 0 Å². The zero-order valence-corrected chi connectivity index (χ0v) is 10.6. The van der Waals surface area contributed by atoms with Gasteiger partial charge in [-0.15, -0.1) is 0 Å². The van der Waals surface area contributed by atoms with E-state index < -0.39 is 8.07 Å². The van der Waals surface area contributed by atoms with E-state index in [2.05, 4.69) is 52.5 Å². The maximum Gasteiger partial charge on any atom is 0.0779 e. The van der Waals surface area contributed by atoms with Crippen molar-refractivity contribution >= 4 is 13.3 Å². The molecule has 0 aliphatic carbocycles. The van der Waals surface area contributed by atoms with Gasteiger partial charge in [0.15, 0.2) is 0 Å². The molecule has 1 heteroatoms. The summed E-state index contributed by atoms with van der Waals surface area (Å²) in [6.07, 6.45) is 0. The number of rotatable bonds is 1. The van der Waals surface area contributed by atoms with Gasteiger partial charge in [0.25, 0.3) is 0 Å². The van der Waals surface area contributed by atoms with Crippen LogP contribution in [0.25, 0.3) is 0 Å². The van der Waals surface area contributed by atoms with E-state index in [0.29, 0.717) is 0 Å². The van der Waals surface area contributed by atoms with Crippen LogP contribution in [-0.2, 0) is 0 Å². The summed E-state index contributed by atoms with van der Waals surface area (Å²) in [7, 11) is -1.16. The smallest absolute Gasteiger partial charge is 0.0656 e. The average molecular weight is 191 g/mol. The van der Waals surface area contributed by atoms with Crippen LogP contribution in [0.4, 0.5) is 0 Å². The lowest BCUT2D eigenvalue weighted by Gasteiger charge is -2.21. The third-order valence-corrected chi connectivity index (χ3v) is 4.91. The molecule has 0 amide bonds. The molecule has 1 rings (SSSR count). The van der Waals surface area contributed by atoms with Gasteiger partial charge in [-0.25, -0.2) is 0 Å². The van der Waals surface area contributed by atoms with Gasteiger partial charge >= 0.3 is 0 Å². The van der Waals surface area contributed by atoms with Crippen LogP contribution in [0.3, 0.4) is 0 Å². The molecule has 0 N–H and O–H groups in total. The lowest BCUT2D eigenvalue weighted by Crippen LogP contribution is -2.39. The van der Waals surface area contributed by atoms with Gasteiger partial charge in [-0.3, -0.25) is 0 Å². The minimum absolute atomic E-state index is 1.16. The molecule has 0 spiro atoms. The standard InChI is InChI=1S/C12H19Si/c1-9-7-8-12(13(4,5)6)11(3)10(9)2/h8H,1-6H3.